The van der Waals surface area contributed by atoms with Gasteiger partial charge < -0.3 is 20.1 Å². The van der Waals surface area contributed by atoms with E-state index in [4.69, 9.17) is 20.1 Å². The summed E-state index contributed by atoms with van der Waals surface area (Å²) in [5.41, 5.74) is 7.58. The molecule has 2 aromatic rings. The van der Waals surface area contributed by atoms with E-state index in [1.165, 1.54) is 9.47 Å². The first kappa shape index (κ1) is 27.9. The highest BCUT2D eigenvalue weighted by Gasteiger charge is 2.18. The lowest BCUT2D eigenvalue weighted by Gasteiger charge is -2.24. The molecule has 0 saturated heterocycles. The monoisotopic (exact) mass is 439 g/mol. The molecule has 0 bridgehead atoms. The lowest BCUT2D eigenvalue weighted by molar-refractivity contribution is 0.168. The molecule has 0 amide bonds. The summed E-state index contributed by atoms with van der Waals surface area (Å²) in [6, 6.07) is 5.70. The smallest absolute Gasteiger partial charge is 0.256 e. The molecule has 1 aromatic heterocycles. The van der Waals surface area contributed by atoms with Gasteiger partial charge >= 0.3 is 0 Å². The third-order valence-electron chi connectivity index (χ3n) is 4.42. The topological polar surface area (TPSA) is 110 Å². The van der Waals surface area contributed by atoms with Gasteiger partial charge in [-0.1, -0.05) is 47.1 Å². The Bertz CT molecular complexity index is 823. The van der Waals surface area contributed by atoms with E-state index in [1.807, 2.05) is 32.0 Å². The highest BCUT2D eigenvalue weighted by atomic mass is 31.0. The van der Waals surface area contributed by atoms with Crippen LogP contribution in [0.25, 0.3) is 0 Å². The van der Waals surface area contributed by atoms with E-state index in [0.29, 0.717) is 30.0 Å². The molecule has 0 aliphatic rings. The van der Waals surface area contributed by atoms with Gasteiger partial charge in [-0.05, 0) is 39.9 Å². The summed E-state index contributed by atoms with van der Waals surface area (Å²) in [5.74, 6) is 1.57. The second-order valence-electron chi connectivity index (χ2n) is 7.37. The highest BCUT2D eigenvalue weighted by Crippen LogP contribution is 2.29. The molecule has 1 aromatic carbocycles. The lowest BCUT2D eigenvalue weighted by atomic mass is 9.89. The van der Waals surface area contributed by atoms with Crippen LogP contribution in [0.3, 0.4) is 0 Å². The zero-order valence-corrected chi connectivity index (χ0v) is 20.5. The molecule has 0 saturated carbocycles. The maximum Gasteiger partial charge on any atom is 0.256 e. The number of H-pyrrole nitrogens is 1. The minimum Gasteiger partial charge on any atom is -0.496 e. The number of aromatic amines is 1. The van der Waals surface area contributed by atoms with Crippen molar-refractivity contribution in [2.75, 3.05) is 19.5 Å². The fraction of sp³-hybridized carbons (Fsp3) is 0.545. The maximum atomic E-state index is 12.2. The number of nitrogen functional groups attached to an aromatic ring is 1. The molecule has 0 radical (unpaired) electrons. The number of anilines is 1. The van der Waals surface area contributed by atoms with Crippen molar-refractivity contribution < 1.29 is 14.4 Å². The third kappa shape index (κ3) is 8.72. The van der Waals surface area contributed by atoms with Crippen LogP contribution in [0, 0.1) is 12.3 Å². The van der Waals surface area contributed by atoms with Crippen LogP contribution in [0.1, 0.15) is 64.3 Å². The van der Waals surface area contributed by atoms with Crippen molar-refractivity contribution in [3.63, 3.8) is 0 Å². The highest BCUT2D eigenvalue weighted by molar-refractivity contribution is 7.08. The molecular formula is C22H38N3O4P. The van der Waals surface area contributed by atoms with Gasteiger partial charge in [-0.15, -0.1) is 0 Å². The number of nitrogens with two attached hydrogens (primary N) is 1. The Balaban J connectivity index is 0.00000198. The quantitative estimate of drug-likeness (QED) is 0.530. The van der Waals surface area contributed by atoms with E-state index in [9.17, 15) is 4.79 Å². The molecule has 0 aliphatic heterocycles. The van der Waals surface area contributed by atoms with Crippen molar-refractivity contribution in [3.8, 4) is 11.5 Å². The number of rotatable bonds is 8. The van der Waals surface area contributed by atoms with Crippen molar-refractivity contribution in [1.82, 2.24) is 9.97 Å². The fourth-order valence-corrected chi connectivity index (χ4v) is 3.02. The Labute approximate surface area is 182 Å². The predicted molar refractivity (Wildman–Crippen MR) is 127 cm³/mol. The van der Waals surface area contributed by atoms with Crippen LogP contribution in [0.5, 0.6) is 11.5 Å². The van der Waals surface area contributed by atoms with E-state index >= 15 is 0 Å². The van der Waals surface area contributed by atoms with Crippen LogP contribution < -0.4 is 20.8 Å². The van der Waals surface area contributed by atoms with Gasteiger partial charge in [0.25, 0.3) is 5.56 Å². The van der Waals surface area contributed by atoms with Gasteiger partial charge in [-0.2, -0.15) is 0 Å². The van der Waals surface area contributed by atoms with Gasteiger partial charge in [-0.3, -0.25) is 9.78 Å². The molecule has 1 atom stereocenters. The predicted octanol–water partition coefficient (Wildman–Crippen LogP) is 4.26. The maximum absolute atomic E-state index is 12.2. The summed E-state index contributed by atoms with van der Waals surface area (Å²) in [6.45, 7) is 13.0. The molecule has 1 heterocycles. The summed E-state index contributed by atoms with van der Waals surface area (Å²) in [7, 11) is 3.03. The molecule has 2 rings (SSSR count). The number of methoxy groups -OCH3 is 1. The van der Waals surface area contributed by atoms with Crippen molar-refractivity contribution in [2.24, 2.45) is 5.41 Å². The minimum absolute atomic E-state index is 0.126. The van der Waals surface area contributed by atoms with E-state index < -0.39 is 0 Å². The summed E-state index contributed by atoms with van der Waals surface area (Å²) >= 11 is 0. The van der Waals surface area contributed by atoms with Crippen LogP contribution in [0.2, 0.25) is 0 Å². The summed E-state index contributed by atoms with van der Waals surface area (Å²) in [6.07, 6.45) is 2.65. The van der Waals surface area contributed by atoms with E-state index in [0.717, 1.165) is 24.2 Å². The zero-order chi connectivity index (χ0) is 23.3. The zero-order valence-electron chi connectivity index (χ0n) is 19.3. The van der Waals surface area contributed by atoms with Crippen LogP contribution in [0.15, 0.2) is 23.0 Å². The molecule has 8 heteroatoms. The molecule has 0 aliphatic carbocycles. The molecule has 4 N–H and O–H groups in total. The van der Waals surface area contributed by atoms with Crippen LogP contribution in [-0.2, 0) is 6.42 Å². The SMILES string of the molecule is CC.CCCC(C)(C)COc1ccc(Cc2c(C)nc(N)[nH]c2=O)c(OC)c1.OP. The number of nitrogens with zero attached hydrogens (tertiary/aromatic N) is 1. The number of benzene rings is 1. The molecule has 170 valence electrons. The number of aromatic nitrogens is 2. The summed E-state index contributed by atoms with van der Waals surface area (Å²) in [4.78, 5) is 25.8. The Morgan fingerprint density at radius 1 is 1.27 bits per heavy atom. The van der Waals surface area contributed by atoms with Crippen LogP contribution in [0.4, 0.5) is 5.95 Å². The number of aryl methyl sites for hydroxylation is 1. The van der Waals surface area contributed by atoms with E-state index in [-0.39, 0.29) is 16.9 Å². The van der Waals surface area contributed by atoms with E-state index in [1.54, 1.807) is 14.0 Å². The Morgan fingerprint density at radius 3 is 2.43 bits per heavy atom. The molecule has 30 heavy (non-hydrogen) atoms. The lowest BCUT2D eigenvalue weighted by Crippen LogP contribution is -2.21. The largest absolute Gasteiger partial charge is 0.496 e. The van der Waals surface area contributed by atoms with Crippen molar-refractivity contribution in [2.45, 2.75) is 60.8 Å². The van der Waals surface area contributed by atoms with Gasteiger partial charge in [0, 0.05) is 18.1 Å². The van der Waals surface area contributed by atoms with Crippen molar-refractivity contribution in [3.05, 3.63) is 45.4 Å². The normalized spacial score (nSPS) is 10.3. The number of hydrogen-bond donors (Lipinski definition) is 3. The number of nitrogens with one attached hydrogen (secondary N) is 1. The first-order valence-electron chi connectivity index (χ1n) is 10.2. The number of ether oxygens (including phenoxy) is 2. The van der Waals surface area contributed by atoms with E-state index in [2.05, 4.69) is 30.7 Å². The van der Waals surface area contributed by atoms with Gasteiger partial charge in [0.05, 0.1) is 19.4 Å². The van der Waals surface area contributed by atoms with Gasteiger partial charge in [0.15, 0.2) is 0 Å². The Hall–Kier alpha value is -2.11. The van der Waals surface area contributed by atoms with Gasteiger partial charge in [0.2, 0.25) is 5.95 Å². The summed E-state index contributed by atoms with van der Waals surface area (Å²) < 4.78 is 11.5. The fourth-order valence-electron chi connectivity index (χ4n) is 3.02. The number of hydrogen-bond acceptors (Lipinski definition) is 6. The average molecular weight is 440 g/mol. The van der Waals surface area contributed by atoms with Crippen LogP contribution >= 0.6 is 9.47 Å². The molecule has 7 nitrogen and oxygen atoms in total. The standard InChI is InChI=1S/C20H29N3O3.C2H6.H3OP/c1-6-9-20(3,4)12-26-15-8-7-14(17(11-15)25-5)10-16-13(2)22-19(21)23-18(16)24;2*1-2/h7-8,11H,6,9-10,12H2,1-5H3,(H3,21,22,23,24);1-2H3;1H,2H2. The first-order valence-corrected chi connectivity index (χ1v) is 10.7. The van der Waals surface area contributed by atoms with Crippen molar-refractivity contribution >= 4 is 15.4 Å². The Kier molecular flexibility index (Phi) is 13.0. The second-order valence-corrected chi connectivity index (χ2v) is 7.37. The second kappa shape index (κ2) is 14.0. The molecule has 0 fully saturated rings. The minimum atomic E-state index is -0.223. The van der Waals surface area contributed by atoms with Crippen LogP contribution in [-0.4, -0.2) is 28.6 Å². The molecule has 0 spiro atoms. The molecular weight excluding hydrogens is 401 g/mol. The van der Waals surface area contributed by atoms with Gasteiger partial charge in [0.1, 0.15) is 11.5 Å². The Morgan fingerprint density at radius 2 is 1.90 bits per heavy atom. The first-order chi connectivity index (χ1) is 14.3. The average Bonchev–Trinajstić information content (AvgIpc) is 2.72. The van der Waals surface area contributed by atoms with Gasteiger partial charge in [-0.25, -0.2) is 4.98 Å². The third-order valence-corrected chi connectivity index (χ3v) is 4.42. The van der Waals surface area contributed by atoms with Crippen molar-refractivity contribution in [1.29, 1.82) is 0 Å². The molecule has 1 unspecified atom stereocenters. The summed E-state index contributed by atoms with van der Waals surface area (Å²) in [5, 5.41) is 0.